The molecule has 0 aromatic rings. The predicted octanol–water partition coefficient (Wildman–Crippen LogP) is 4.07. The van der Waals surface area contributed by atoms with Crippen molar-refractivity contribution >= 4 is 16.9 Å². The topological polar surface area (TPSA) is 17.1 Å². The summed E-state index contributed by atoms with van der Waals surface area (Å²) in [5, 5.41) is -0.107. The monoisotopic (exact) mass is 278 g/mol. The summed E-state index contributed by atoms with van der Waals surface area (Å²) in [7, 11) is 0. The lowest BCUT2D eigenvalue weighted by Gasteiger charge is -2.18. The van der Waals surface area contributed by atoms with Gasteiger partial charge in [-0.2, -0.15) is 0 Å². The van der Waals surface area contributed by atoms with Crippen LogP contribution >= 0.6 is 11.8 Å². The Hall–Kier alpha value is -0.330. The van der Waals surface area contributed by atoms with E-state index in [0.717, 1.165) is 11.8 Å². The van der Waals surface area contributed by atoms with Crippen molar-refractivity contribution in [3.63, 3.8) is 0 Å². The van der Waals surface area contributed by atoms with Gasteiger partial charge in [0.2, 0.25) is 0 Å². The fraction of sp³-hybridized carbons (Fsp3) is 0.900. The van der Waals surface area contributed by atoms with Gasteiger partial charge in [0, 0.05) is 25.0 Å². The normalized spacial score (nSPS) is 14.1. The minimum Gasteiger partial charge on any atom is -0.287 e. The Morgan fingerprint density at radius 1 is 1.29 bits per heavy atom. The van der Waals surface area contributed by atoms with Gasteiger partial charge < -0.3 is 0 Å². The number of hydrogen-bond acceptors (Lipinski definition) is 2. The second-order valence-electron chi connectivity index (χ2n) is 3.59. The molecule has 1 unspecified atom stereocenters. The van der Waals surface area contributed by atoms with Crippen molar-refractivity contribution in [1.29, 1.82) is 0 Å². The Balaban J connectivity index is 3.81. The average Bonchev–Trinajstić information content (AvgIpc) is 2.23. The molecule has 0 aliphatic rings. The molecule has 1 atom stereocenters. The van der Waals surface area contributed by atoms with Crippen LogP contribution in [0, 0.1) is 0 Å². The molecule has 0 saturated heterocycles. The fourth-order valence-corrected chi connectivity index (χ4v) is 1.82. The van der Waals surface area contributed by atoms with E-state index in [4.69, 9.17) is 0 Å². The van der Waals surface area contributed by atoms with E-state index < -0.39 is 31.4 Å². The minimum atomic E-state index is -3.44. The van der Waals surface area contributed by atoms with E-state index in [1.807, 2.05) is 0 Å². The van der Waals surface area contributed by atoms with Crippen molar-refractivity contribution in [3.05, 3.63) is 0 Å². The maximum atomic E-state index is 13.0. The molecule has 0 radical (unpaired) electrons. The van der Waals surface area contributed by atoms with Gasteiger partial charge in [0.1, 0.15) is 0 Å². The standard InChI is InChI=1S/C10H15F5OS/c1-2-8(16)17-5-3-4-10(14,15)6-7(11)9(12)13/h7,9H,2-6H2,1H3. The van der Waals surface area contributed by atoms with Gasteiger partial charge in [-0.3, -0.25) is 4.79 Å². The zero-order valence-corrected chi connectivity index (χ0v) is 10.2. The summed E-state index contributed by atoms with van der Waals surface area (Å²) in [6.45, 7) is 1.65. The van der Waals surface area contributed by atoms with Crippen LogP contribution in [0.15, 0.2) is 0 Å². The molecule has 7 heteroatoms. The van der Waals surface area contributed by atoms with Crippen molar-refractivity contribution in [2.45, 2.75) is 51.1 Å². The van der Waals surface area contributed by atoms with Crippen LogP contribution in [0.4, 0.5) is 22.0 Å². The minimum absolute atomic E-state index is 0.000630. The van der Waals surface area contributed by atoms with Crippen molar-refractivity contribution in [2.24, 2.45) is 0 Å². The highest BCUT2D eigenvalue weighted by Gasteiger charge is 2.36. The predicted molar refractivity (Wildman–Crippen MR) is 57.5 cm³/mol. The van der Waals surface area contributed by atoms with E-state index in [-0.39, 0.29) is 17.3 Å². The molecule has 1 nitrogen and oxygen atoms in total. The smallest absolute Gasteiger partial charge is 0.269 e. The second-order valence-corrected chi connectivity index (χ2v) is 4.74. The van der Waals surface area contributed by atoms with Gasteiger partial charge in [0.05, 0.1) is 0 Å². The molecule has 0 spiro atoms. The van der Waals surface area contributed by atoms with Crippen molar-refractivity contribution in [3.8, 4) is 0 Å². The third kappa shape index (κ3) is 8.40. The van der Waals surface area contributed by atoms with Gasteiger partial charge in [-0.05, 0) is 6.42 Å². The third-order valence-electron chi connectivity index (χ3n) is 2.01. The van der Waals surface area contributed by atoms with Crippen LogP contribution in [0.5, 0.6) is 0 Å². The van der Waals surface area contributed by atoms with Crippen LogP contribution in [-0.4, -0.2) is 29.4 Å². The first-order chi connectivity index (χ1) is 7.78. The zero-order chi connectivity index (χ0) is 13.5. The van der Waals surface area contributed by atoms with Gasteiger partial charge in [0.15, 0.2) is 11.3 Å². The number of alkyl halides is 5. The summed E-state index contributed by atoms with van der Waals surface area (Å²) in [6, 6.07) is 0. The maximum absolute atomic E-state index is 13.0. The molecule has 0 fully saturated rings. The molecule has 0 saturated carbocycles. The van der Waals surface area contributed by atoms with Gasteiger partial charge in [-0.15, -0.1) is 0 Å². The lowest BCUT2D eigenvalue weighted by atomic mass is 10.1. The molecular formula is C10H15F5OS. The first kappa shape index (κ1) is 16.7. The second kappa shape index (κ2) is 7.89. The summed E-state index contributed by atoms with van der Waals surface area (Å²) in [5.74, 6) is -3.24. The van der Waals surface area contributed by atoms with Gasteiger partial charge in [0.25, 0.3) is 12.3 Å². The Bertz CT molecular complexity index is 235. The van der Waals surface area contributed by atoms with Crippen molar-refractivity contribution in [1.82, 2.24) is 0 Å². The molecule has 0 amide bonds. The first-order valence-electron chi connectivity index (χ1n) is 5.24. The van der Waals surface area contributed by atoms with E-state index in [0.29, 0.717) is 6.42 Å². The number of hydrogen-bond donors (Lipinski definition) is 0. The van der Waals surface area contributed by atoms with Crippen molar-refractivity contribution in [2.75, 3.05) is 5.75 Å². The zero-order valence-electron chi connectivity index (χ0n) is 9.40. The Morgan fingerprint density at radius 2 is 1.88 bits per heavy atom. The largest absolute Gasteiger partial charge is 0.287 e. The molecule has 0 aromatic carbocycles. The lowest BCUT2D eigenvalue weighted by Crippen LogP contribution is -2.26. The summed E-state index contributed by atoms with van der Waals surface area (Å²) in [4.78, 5) is 10.8. The van der Waals surface area contributed by atoms with Crippen LogP contribution in [-0.2, 0) is 4.79 Å². The highest BCUT2D eigenvalue weighted by atomic mass is 32.2. The van der Waals surface area contributed by atoms with Gasteiger partial charge >= 0.3 is 0 Å². The summed E-state index contributed by atoms with van der Waals surface area (Å²) >= 11 is 0.928. The first-order valence-corrected chi connectivity index (χ1v) is 6.22. The molecular weight excluding hydrogens is 263 g/mol. The number of carbonyl (C=O) groups excluding carboxylic acids is 1. The maximum Gasteiger partial charge on any atom is 0.269 e. The SMILES string of the molecule is CCC(=O)SCCCC(F)(F)CC(F)C(F)F. The van der Waals surface area contributed by atoms with Crippen LogP contribution in [0.25, 0.3) is 0 Å². The number of carbonyl (C=O) groups is 1. The average molecular weight is 278 g/mol. The molecule has 0 aliphatic heterocycles. The van der Waals surface area contributed by atoms with Crippen LogP contribution in [0.2, 0.25) is 0 Å². The molecule has 102 valence electrons. The molecule has 17 heavy (non-hydrogen) atoms. The molecule has 0 aromatic heterocycles. The van der Waals surface area contributed by atoms with E-state index in [1.165, 1.54) is 0 Å². The number of halogens is 5. The molecule has 0 bridgehead atoms. The summed E-state index contributed by atoms with van der Waals surface area (Å²) in [6.07, 6.45) is -7.99. The fourth-order valence-electron chi connectivity index (χ4n) is 1.10. The third-order valence-corrected chi connectivity index (χ3v) is 3.11. The number of rotatable bonds is 8. The van der Waals surface area contributed by atoms with Crippen LogP contribution in [0.1, 0.15) is 32.6 Å². The highest BCUT2D eigenvalue weighted by Crippen LogP contribution is 2.30. The van der Waals surface area contributed by atoms with Crippen LogP contribution in [0.3, 0.4) is 0 Å². The Kier molecular flexibility index (Phi) is 7.74. The quantitative estimate of drug-likeness (QED) is 0.492. The van der Waals surface area contributed by atoms with Gasteiger partial charge in [-0.25, -0.2) is 22.0 Å². The van der Waals surface area contributed by atoms with E-state index in [2.05, 4.69) is 0 Å². The summed E-state index contributed by atoms with van der Waals surface area (Å²) in [5.41, 5.74) is 0. The lowest BCUT2D eigenvalue weighted by molar-refractivity contribution is -0.110. The summed E-state index contributed by atoms with van der Waals surface area (Å²) < 4.78 is 61.9. The molecule has 0 N–H and O–H groups in total. The highest BCUT2D eigenvalue weighted by molar-refractivity contribution is 8.13. The molecule has 0 rings (SSSR count). The number of thioether (sulfide) groups is 1. The van der Waals surface area contributed by atoms with Crippen LogP contribution < -0.4 is 0 Å². The Labute approximate surface area is 101 Å². The van der Waals surface area contributed by atoms with E-state index in [9.17, 15) is 26.7 Å². The Morgan fingerprint density at radius 3 is 2.35 bits per heavy atom. The van der Waals surface area contributed by atoms with E-state index in [1.54, 1.807) is 6.92 Å². The van der Waals surface area contributed by atoms with Gasteiger partial charge in [-0.1, -0.05) is 18.7 Å². The van der Waals surface area contributed by atoms with Crippen molar-refractivity contribution < 1.29 is 26.7 Å². The molecule has 0 aliphatic carbocycles. The molecule has 0 heterocycles. The van der Waals surface area contributed by atoms with E-state index >= 15 is 0 Å².